The summed E-state index contributed by atoms with van der Waals surface area (Å²) in [5.74, 6) is -0.198. The van der Waals surface area contributed by atoms with E-state index < -0.39 is 0 Å². The molecule has 1 aliphatic heterocycles. The molecule has 1 heterocycles. The Morgan fingerprint density at radius 3 is 2.30 bits per heavy atom. The first kappa shape index (κ1) is 15.7. The van der Waals surface area contributed by atoms with Gasteiger partial charge in [-0.1, -0.05) is 18.2 Å². The number of halogens is 1. The maximum atomic E-state index is 13.0. The summed E-state index contributed by atoms with van der Waals surface area (Å²) in [6, 6.07) is 14.8. The molecule has 3 rings (SSSR count). The van der Waals surface area contributed by atoms with Gasteiger partial charge in [0, 0.05) is 37.6 Å². The molecule has 0 aliphatic carbocycles. The molecule has 0 radical (unpaired) electrons. The van der Waals surface area contributed by atoms with Gasteiger partial charge in [-0.3, -0.25) is 0 Å². The predicted octanol–water partition coefficient (Wildman–Crippen LogP) is 3.65. The number of anilines is 2. The van der Waals surface area contributed by atoms with Crippen LogP contribution in [-0.2, 0) is 0 Å². The highest BCUT2D eigenvalue weighted by molar-refractivity contribution is 7.80. The first-order chi connectivity index (χ1) is 11.1. The molecule has 2 aromatic rings. The van der Waals surface area contributed by atoms with Gasteiger partial charge in [0.25, 0.3) is 0 Å². The van der Waals surface area contributed by atoms with Crippen LogP contribution in [0.3, 0.4) is 0 Å². The smallest absolute Gasteiger partial charge is 0.173 e. The fourth-order valence-electron chi connectivity index (χ4n) is 2.73. The Kier molecular flexibility index (Phi) is 4.76. The van der Waals surface area contributed by atoms with Crippen molar-refractivity contribution in [3.05, 3.63) is 59.9 Å². The van der Waals surface area contributed by atoms with Crippen molar-refractivity contribution in [1.29, 1.82) is 0 Å². The summed E-state index contributed by atoms with van der Waals surface area (Å²) in [6.07, 6.45) is 0. The van der Waals surface area contributed by atoms with Gasteiger partial charge in [0.2, 0.25) is 0 Å². The molecule has 1 saturated heterocycles. The molecule has 0 aromatic heterocycles. The van der Waals surface area contributed by atoms with Crippen LogP contribution in [0.15, 0.2) is 48.5 Å². The monoisotopic (exact) mass is 329 g/mol. The van der Waals surface area contributed by atoms with Crippen molar-refractivity contribution in [2.45, 2.75) is 6.92 Å². The van der Waals surface area contributed by atoms with Gasteiger partial charge in [0.05, 0.1) is 0 Å². The first-order valence-electron chi connectivity index (χ1n) is 7.75. The van der Waals surface area contributed by atoms with E-state index >= 15 is 0 Å². The van der Waals surface area contributed by atoms with Gasteiger partial charge in [0.15, 0.2) is 5.11 Å². The molecule has 1 N–H and O–H groups in total. The molecule has 2 aromatic carbocycles. The molecular weight excluding hydrogens is 309 g/mol. The minimum Gasteiger partial charge on any atom is -0.368 e. The fraction of sp³-hybridized carbons (Fsp3) is 0.278. The zero-order valence-electron chi connectivity index (χ0n) is 13.1. The Labute approximate surface area is 141 Å². The Morgan fingerprint density at radius 1 is 1.00 bits per heavy atom. The van der Waals surface area contributed by atoms with Crippen LogP contribution < -0.4 is 10.2 Å². The first-order valence-corrected chi connectivity index (χ1v) is 8.16. The molecule has 0 amide bonds. The normalized spacial score (nSPS) is 14.7. The lowest BCUT2D eigenvalue weighted by atomic mass is 10.2. The lowest BCUT2D eigenvalue weighted by molar-refractivity contribution is 0.391. The molecule has 1 aliphatic rings. The second kappa shape index (κ2) is 6.96. The standard InChI is InChI=1S/C18H20FN3S/c1-14-4-2-3-5-17(14)20-18(23)22-12-10-21(11-13-22)16-8-6-15(19)7-9-16/h2-9H,10-13H2,1H3,(H,20,23). The second-order valence-corrected chi connectivity index (χ2v) is 6.08. The van der Waals surface area contributed by atoms with Crippen LogP contribution in [0.2, 0.25) is 0 Å². The number of thiocarbonyl (C=S) groups is 1. The van der Waals surface area contributed by atoms with E-state index in [1.807, 2.05) is 30.3 Å². The van der Waals surface area contributed by atoms with Gasteiger partial charge in [-0.2, -0.15) is 0 Å². The van der Waals surface area contributed by atoms with Gasteiger partial charge in [0.1, 0.15) is 5.82 Å². The van der Waals surface area contributed by atoms with E-state index in [1.165, 1.54) is 17.7 Å². The quantitative estimate of drug-likeness (QED) is 0.847. The zero-order valence-corrected chi connectivity index (χ0v) is 13.9. The van der Waals surface area contributed by atoms with Gasteiger partial charge in [-0.15, -0.1) is 0 Å². The van der Waals surface area contributed by atoms with E-state index in [0.717, 1.165) is 42.7 Å². The molecule has 3 nitrogen and oxygen atoms in total. The molecule has 0 saturated carbocycles. The number of hydrogen-bond acceptors (Lipinski definition) is 2. The van der Waals surface area contributed by atoms with Crippen molar-refractivity contribution in [2.75, 3.05) is 36.4 Å². The molecule has 0 bridgehead atoms. The van der Waals surface area contributed by atoms with E-state index in [2.05, 4.69) is 28.1 Å². The Balaban J connectivity index is 1.57. The average Bonchev–Trinajstić information content (AvgIpc) is 2.58. The SMILES string of the molecule is Cc1ccccc1NC(=S)N1CCN(c2ccc(F)cc2)CC1. The number of rotatable bonds is 2. The largest absolute Gasteiger partial charge is 0.368 e. The van der Waals surface area contributed by atoms with Gasteiger partial charge >= 0.3 is 0 Å². The Bertz CT molecular complexity index is 679. The minimum atomic E-state index is -0.198. The van der Waals surface area contributed by atoms with Crippen molar-refractivity contribution in [1.82, 2.24) is 4.90 Å². The maximum absolute atomic E-state index is 13.0. The fourth-order valence-corrected chi connectivity index (χ4v) is 3.02. The van der Waals surface area contributed by atoms with Crippen LogP contribution in [0.1, 0.15) is 5.56 Å². The number of para-hydroxylation sites is 1. The third-order valence-corrected chi connectivity index (χ3v) is 4.51. The highest BCUT2D eigenvalue weighted by Crippen LogP contribution is 2.18. The van der Waals surface area contributed by atoms with E-state index in [0.29, 0.717) is 0 Å². The topological polar surface area (TPSA) is 18.5 Å². The highest BCUT2D eigenvalue weighted by atomic mass is 32.1. The number of aryl methyl sites for hydroxylation is 1. The van der Waals surface area contributed by atoms with Gasteiger partial charge in [-0.05, 0) is 55.0 Å². The van der Waals surface area contributed by atoms with Crippen LogP contribution in [0, 0.1) is 12.7 Å². The third kappa shape index (κ3) is 3.79. The van der Waals surface area contributed by atoms with Crippen LogP contribution in [0.4, 0.5) is 15.8 Å². The summed E-state index contributed by atoms with van der Waals surface area (Å²) in [6.45, 7) is 5.53. The van der Waals surface area contributed by atoms with E-state index in [4.69, 9.17) is 12.2 Å². The molecule has 0 unspecified atom stereocenters. The van der Waals surface area contributed by atoms with E-state index in [1.54, 1.807) is 0 Å². The van der Waals surface area contributed by atoms with Crippen molar-refractivity contribution in [3.63, 3.8) is 0 Å². The maximum Gasteiger partial charge on any atom is 0.173 e. The number of nitrogens with one attached hydrogen (secondary N) is 1. The number of benzene rings is 2. The van der Waals surface area contributed by atoms with E-state index in [-0.39, 0.29) is 5.82 Å². The molecule has 0 spiro atoms. The second-order valence-electron chi connectivity index (χ2n) is 5.70. The zero-order chi connectivity index (χ0) is 16.2. The molecule has 5 heteroatoms. The summed E-state index contributed by atoms with van der Waals surface area (Å²) in [5.41, 5.74) is 3.29. The molecule has 23 heavy (non-hydrogen) atoms. The molecular formula is C18H20FN3S. The lowest BCUT2D eigenvalue weighted by Gasteiger charge is -2.37. The van der Waals surface area contributed by atoms with Crippen molar-refractivity contribution in [3.8, 4) is 0 Å². The molecule has 1 fully saturated rings. The summed E-state index contributed by atoms with van der Waals surface area (Å²) >= 11 is 5.53. The summed E-state index contributed by atoms with van der Waals surface area (Å²) in [4.78, 5) is 4.44. The lowest BCUT2D eigenvalue weighted by Crippen LogP contribution is -2.50. The minimum absolute atomic E-state index is 0.198. The van der Waals surface area contributed by atoms with Crippen LogP contribution >= 0.6 is 12.2 Å². The third-order valence-electron chi connectivity index (χ3n) is 4.15. The summed E-state index contributed by atoms with van der Waals surface area (Å²) < 4.78 is 13.0. The Hall–Kier alpha value is -2.14. The average molecular weight is 329 g/mol. The highest BCUT2D eigenvalue weighted by Gasteiger charge is 2.19. The predicted molar refractivity (Wildman–Crippen MR) is 97.6 cm³/mol. The Morgan fingerprint density at radius 2 is 1.65 bits per heavy atom. The summed E-state index contributed by atoms with van der Waals surface area (Å²) in [7, 11) is 0. The van der Waals surface area contributed by atoms with Crippen LogP contribution in [0.25, 0.3) is 0 Å². The number of piperazine rings is 1. The number of hydrogen-bond donors (Lipinski definition) is 1. The molecule has 120 valence electrons. The number of nitrogens with zero attached hydrogens (tertiary/aromatic N) is 2. The van der Waals surface area contributed by atoms with Gasteiger partial charge < -0.3 is 15.1 Å². The van der Waals surface area contributed by atoms with Gasteiger partial charge in [-0.25, -0.2) is 4.39 Å². The van der Waals surface area contributed by atoms with Crippen LogP contribution in [-0.4, -0.2) is 36.2 Å². The van der Waals surface area contributed by atoms with Crippen molar-refractivity contribution in [2.24, 2.45) is 0 Å². The van der Waals surface area contributed by atoms with Crippen molar-refractivity contribution < 1.29 is 4.39 Å². The summed E-state index contributed by atoms with van der Waals surface area (Å²) in [5, 5.41) is 4.09. The van der Waals surface area contributed by atoms with Crippen LogP contribution in [0.5, 0.6) is 0 Å². The molecule has 0 atom stereocenters. The van der Waals surface area contributed by atoms with E-state index in [9.17, 15) is 4.39 Å². The van der Waals surface area contributed by atoms with Crippen molar-refractivity contribution >= 4 is 28.7 Å².